The second-order valence-electron chi connectivity index (χ2n) is 5.15. The highest BCUT2D eigenvalue weighted by Gasteiger charge is 2.10. The van der Waals surface area contributed by atoms with Crippen molar-refractivity contribution in [1.82, 2.24) is 14.8 Å². The van der Waals surface area contributed by atoms with Gasteiger partial charge < -0.3 is 0 Å². The first kappa shape index (κ1) is 14.5. The Bertz CT molecular complexity index is 849. The molecule has 3 rings (SSSR count). The third-order valence-corrected chi connectivity index (χ3v) is 3.68. The van der Waals surface area contributed by atoms with Crippen molar-refractivity contribution in [3.63, 3.8) is 0 Å². The van der Waals surface area contributed by atoms with Gasteiger partial charge in [0.15, 0.2) is 5.65 Å². The molecule has 0 fully saturated rings. The summed E-state index contributed by atoms with van der Waals surface area (Å²) in [6.45, 7) is 4.04. The Morgan fingerprint density at radius 1 is 1.23 bits per heavy atom. The predicted molar refractivity (Wildman–Crippen MR) is 90.7 cm³/mol. The molecule has 0 amide bonds. The fourth-order valence-electron chi connectivity index (χ4n) is 2.44. The molecule has 0 aliphatic carbocycles. The molecule has 0 spiro atoms. The Hall–Kier alpha value is -2.40. The molecule has 0 bridgehead atoms. The molecule has 0 aliphatic heterocycles. The van der Waals surface area contributed by atoms with Crippen LogP contribution in [0.1, 0.15) is 16.8 Å². The maximum Gasteiger partial charge on any atom is 0.160 e. The van der Waals surface area contributed by atoms with Crippen molar-refractivity contribution in [2.45, 2.75) is 13.8 Å². The highest BCUT2D eigenvalue weighted by molar-refractivity contribution is 6.30. The summed E-state index contributed by atoms with van der Waals surface area (Å²) in [5, 5.41) is 10.4. The molecule has 1 N–H and O–H groups in total. The van der Waals surface area contributed by atoms with E-state index in [1.807, 2.05) is 51.2 Å². The molecule has 5 nitrogen and oxygen atoms in total. The minimum absolute atomic E-state index is 0.693. The van der Waals surface area contributed by atoms with Crippen LogP contribution in [0.3, 0.4) is 0 Å². The van der Waals surface area contributed by atoms with E-state index in [0.29, 0.717) is 10.8 Å². The maximum absolute atomic E-state index is 5.85. The van der Waals surface area contributed by atoms with E-state index in [0.717, 1.165) is 27.9 Å². The first-order valence-corrected chi connectivity index (χ1v) is 7.28. The fraction of sp³-hybridized carbons (Fsp3) is 0.188. The number of aryl methyl sites for hydroxylation is 3. The SMILES string of the molecule is Cc1cc(N/N=C/c2ccc(Cl)cc2)nc2c1c(C)nn2C. The molecular formula is C16H16ClN5. The van der Waals surface area contributed by atoms with Gasteiger partial charge in [0.1, 0.15) is 5.82 Å². The van der Waals surface area contributed by atoms with Crippen molar-refractivity contribution in [2.24, 2.45) is 12.1 Å². The van der Waals surface area contributed by atoms with Gasteiger partial charge in [0.25, 0.3) is 0 Å². The fourth-order valence-corrected chi connectivity index (χ4v) is 2.56. The number of hydrogen-bond acceptors (Lipinski definition) is 4. The maximum atomic E-state index is 5.85. The molecular weight excluding hydrogens is 298 g/mol. The van der Waals surface area contributed by atoms with Crippen LogP contribution < -0.4 is 5.43 Å². The zero-order chi connectivity index (χ0) is 15.7. The number of halogens is 1. The number of nitrogens with zero attached hydrogens (tertiary/aromatic N) is 4. The highest BCUT2D eigenvalue weighted by atomic mass is 35.5. The Morgan fingerprint density at radius 2 is 1.95 bits per heavy atom. The van der Waals surface area contributed by atoms with Crippen LogP contribution in [-0.4, -0.2) is 21.0 Å². The van der Waals surface area contributed by atoms with Crippen LogP contribution in [0.4, 0.5) is 5.82 Å². The van der Waals surface area contributed by atoms with Crippen LogP contribution in [-0.2, 0) is 7.05 Å². The number of fused-ring (bicyclic) bond motifs is 1. The first-order valence-electron chi connectivity index (χ1n) is 6.90. The molecule has 112 valence electrons. The molecule has 0 atom stereocenters. The van der Waals surface area contributed by atoms with E-state index in [-0.39, 0.29) is 0 Å². The van der Waals surface area contributed by atoms with E-state index in [9.17, 15) is 0 Å². The van der Waals surface area contributed by atoms with Gasteiger partial charge in [0.2, 0.25) is 0 Å². The first-order chi connectivity index (χ1) is 10.5. The lowest BCUT2D eigenvalue weighted by Crippen LogP contribution is -1.98. The molecule has 0 unspecified atom stereocenters. The summed E-state index contributed by atoms with van der Waals surface area (Å²) in [4.78, 5) is 4.56. The Labute approximate surface area is 133 Å². The normalized spacial score (nSPS) is 11.5. The number of nitrogens with one attached hydrogen (secondary N) is 1. The minimum Gasteiger partial charge on any atom is -0.261 e. The molecule has 0 saturated heterocycles. The third-order valence-electron chi connectivity index (χ3n) is 3.43. The number of hydrogen-bond donors (Lipinski definition) is 1. The van der Waals surface area contributed by atoms with Crippen molar-refractivity contribution in [1.29, 1.82) is 0 Å². The zero-order valence-corrected chi connectivity index (χ0v) is 13.4. The molecule has 0 radical (unpaired) electrons. The van der Waals surface area contributed by atoms with E-state index in [4.69, 9.17) is 11.6 Å². The molecule has 0 saturated carbocycles. The van der Waals surface area contributed by atoms with E-state index >= 15 is 0 Å². The molecule has 1 aromatic carbocycles. The molecule has 3 aromatic rings. The summed E-state index contributed by atoms with van der Waals surface area (Å²) in [7, 11) is 1.89. The van der Waals surface area contributed by atoms with Gasteiger partial charge in [-0.2, -0.15) is 10.2 Å². The number of pyridine rings is 1. The van der Waals surface area contributed by atoms with Crippen molar-refractivity contribution < 1.29 is 0 Å². The Balaban J connectivity index is 1.85. The summed E-state index contributed by atoms with van der Waals surface area (Å²) in [5.41, 5.74) is 6.88. The topological polar surface area (TPSA) is 55.1 Å². The number of aromatic nitrogens is 3. The van der Waals surface area contributed by atoms with Crippen LogP contribution in [0.15, 0.2) is 35.4 Å². The van der Waals surface area contributed by atoms with Crippen molar-refractivity contribution in [3.8, 4) is 0 Å². The number of hydrazone groups is 1. The second-order valence-corrected chi connectivity index (χ2v) is 5.59. The molecule has 2 aromatic heterocycles. The lowest BCUT2D eigenvalue weighted by Gasteiger charge is -2.03. The van der Waals surface area contributed by atoms with E-state index < -0.39 is 0 Å². The van der Waals surface area contributed by atoms with Gasteiger partial charge in [-0.3, -0.25) is 10.1 Å². The molecule has 6 heteroatoms. The second kappa shape index (κ2) is 5.77. The standard InChI is InChI=1S/C16H16ClN5/c1-10-8-14(19-16-15(10)11(2)21-22(16)3)20-18-9-12-4-6-13(17)7-5-12/h4-9H,1-3H3,(H,19,20)/b18-9+. The lowest BCUT2D eigenvalue weighted by atomic mass is 10.1. The quantitative estimate of drug-likeness (QED) is 0.592. The van der Waals surface area contributed by atoms with Crippen molar-refractivity contribution >= 4 is 34.7 Å². The van der Waals surface area contributed by atoms with Crippen molar-refractivity contribution in [3.05, 3.63) is 52.2 Å². The molecule has 2 heterocycles. The zero-order valence-electron chi connectivity index (χ0n) is 12.6. The Kier molecular flexibility index (Phi) is 3.81. The molecule has 22 heavy (non-hydrogen) atoms. The van der Waals surface area contributed by atoms with E-state index in [2.05, 4.69) is 20.6 Å². The summed E-state index contributed by atoms with van der Waals surface area (Å²) >= 11 is 5.85. The average Bonchev–Trinajstić information content (AvgIpc) is 2.76. The highest BCUT2D eigenvalue weighted by Crippen LogP contribution is 2.22. The van der Waals surface area contributed by atoms with Crippen LogP contribution in [0, 0.1) is 13.8 Å². The summed E-state index contributed by atoms with van der Waals surface area (Å²) in [5.74, 6) is 0.693. The van der Waals surface area contributed by atoms with Crippen LogP contribution in [0.5, 0.6) is 0 Å². The van der Waals surface area contributed by atoms with Gasteiger partial charge in [-0.1, -0.05) is 23.7 Å². The lowest BCUT2D eigenvalue weighted by molar-refractivity contribution is 0.774. The smallest absolute Gasteiger partial charge is 0.160 e. The summed E-state index contributed by atoms with van der Waals surface area (Å²) in [6, 6.07) is 9.43. The van der Waals surface area contributed by atoms with Gasteiger partial charge in [-0.15, -0.1) is 0 Å². The van der Waals surface area contributed by atoms with E-state index in [1.54, 1.807) is 10.9 Å². The average molecular weight is 314 g/mol. The van der Waals surface area contributed by atoms with Crippen LogP contribution >= 0.6 is 11.6 Å². The van der Waals surface area contributed by atoms with Crippen LogP contribution in [0.2, 0.25) is 5.02 Å². The van der Waals surface area contributed by atoms with Crippen LogP contribution in [0.25, 0.3) is 11.0 Å². The van der Waals surface area contributed by atoms with Gasteiger partial charge in [0, 0.05) is 17.5 Å². The van der Waals surface area contributed by atoms with Crippen molar-refractivity contribution in [2.75, 3.05) is 5.43 Å². The van der Waals surface area contributed by atoms with Gasteiger partial charge in [0.05, 0.1) is 11.9 Å². The number of anilines is 1. The monoisotopic (exact) mass is 313 g/mol. The van der Waals surface area contributed by atoms with Gasteiger partial charge >= 0.3 is 0 Å². The summed E-state index contributed by atoms with van der Waals surface area (Å²) in [6.07, 6.45) is 1.73. The number of rotatable bonds is 3. The van der Waals surface area contributed by atoms with Gasteiger partial charge in [-0.05, 0) is 43.2 Å². The summed E-state index contributed by atoms with van der Waals surface area (Å²) < 4.78 is 1.78. The van der Waals surface area contributed by atoms with Gasteiger partial charge in [-0.25, -0.2) is 4.98 Å². The largest absolute Gasteiger partial charge is 0.261 e. The van der Waals surface area contributed by atoms with E-state index in [1.165, 1.54) is 0 Å². The molecule has 0 aliphatic rings. The third kappa shape index (κ3) is 2.80. The Morgan fingerprint density at radius 3 is 2.68 bits per heavy atom. The minimum atomic E-state index is 0.693. The number of benzene rings is 1. The predicted octanol–water partition coefficient (Wildman–Crippen LogP) is 3.68.